The van der Waals surface area contributed by atoms with Gasteiger partial charge in [-0.25, -0.2) is 4.79 Å². The van der Waals surface area contributed by atoms with Gasteiger partial charge in [-0.3, -0.25) is 4.79 Å². The highest BCUT2D eigenvalue weighted by Crippen LogP contribution is 2.50. The number of hydrogen-bond acceptors (Lipinski definition) is 6. The van der Waals surface area contributed by atoms with Crippen LogP contribution in [0.2, 0.25) is 0 Å². The fraction of sp³-hybridized carbons (Fsp3) is 0.562. The highest BCUT2D eigenvalue weighted by Gasteiger charge is 2.59. The van der Waals surface area contributed by atoms with Crippen LogP contribution in [0.3, 0.4) is 0 Å². The molecule has 2 aromatic carbocycles. The third kappa shape index (κ3) is 6.77. The van der Waals surface area contributed by atoms with E-state index in [1.165, 1.54) is 18.1 Å². The van der Waals surface area contributed by atoms with Crippen molar-refractivity contribution in [1.82, 2.24) is 10.2 Å². The number of alkyl halides is 3. The molecule has 2 aromatic rings. The van der Waals surface area contributed by atoms with Crippen LogP contribution in [0, 0.1) is 11.3 Å². The predicted molar refractivity (Wildman–Crippen MR) is 157 cm³/mol. The Balaban J connectivity index is 1.86. The molecule has 0 aliphatic carbocycles. The lowest BCUT2D eigenvalue weighted by Crippen LogP contribution is -2.51. The molecule has 1 amide bonds. The minimum Gasteiger partial charge on any atom is -0.496 e. The van der Waals surface area contributed by atoms with Crippen molar-refractivity contribution in [2.45, 2.75) is 77.0 Å². The van der Waals surface area contributed by atoms with E-state index in [2.05, 4.69) is 5.32 Å². The van der Waals surface area contributed by atoms with E-state index in [9.17, 15) is 27.9 Å². The summed E-state index contributed by atoms with van der Waals surface area (Å²) < 4.78 is 51.4. The predicted octanol–water partition coefficient (Wildman–Crippen LogP) is 5.51. The minimum atomic E-state index is -4.53. The van der Waals surface area contributed by atoms with Crippen LogP contribution >= 0.6 is 0 Å². The lowest BCUT2D eigenvalue weighted by molar-refractivity contribution is -0.159. The van der Waals surface area contributed by atoms with Crippen LogP contribution in [0.25, 0.3) is 0 Å². The van der Waals surface area contributed by atoms with Gasteiger partial charge in [-0.2, -0.15) is 13.2 Å². The molecule has 2 aliphatic rings. The van der Waals surface area contributed by atoms with Crippen LogP contribution in [-0.4, -0.2) is 67.9 Å². The Morgan fingerprint density at radius 3 is 2.37 bits per heavy atom. The highest BCUT2D eigenvalue weighted by atomic mass is 19.4. The molecule has 2 saturated heterocycles. The first kappa shape index (κ1) is 32.6. The molecule has 11 heteroatoms. The van der Waals surface area contributed by atoms with E-state index in [1.807, 2.05) is 64.0 Å². The minimum absolute atomic E-state index is 0.0659. The summed E-state index contributed by atoms with van der Waals surface area (Å²) in [4.78, 5) is 30.8. The van der Waals surface area contributed by atoms with E-state index in [-0.39, 0.29) is 18.2 Å². The number of carbonyl (C=O) groups is 2. The van der Waals surface area contributed by atoms with Crippen molar-refractivity contribution in [1.29, 1.82) is 0 Å². The normalized spacial score (nSPS) is 24.6. The fourth-order valence-electron chi connectivity index (χ4n) is 6.59. The van der Waals surface area contributed by atoms with Crippen LogP contribution in [-0.2, 0) is 27.0 Å². The number of carbonyl (C=O) groups excluding carboxylic acids is 1. The Kier molecular flexibility index (Phi) is 9.66. The van der Waals surface area contributed by atoms with Gasteiger partial charge in [-0.05, 0) is 48.4 Å². The first-order valence-corrected chi connectivity index (χ1v) is 14.6. The molecule has 4 rings (SSSR count). The first-order valence-electron chi connectivity index (χ1n) is 14.6. The van der Waals surface area contributed by atoms with Gasteiger partial charge in [0.05, 0.1) is 18.7 Å². The molecule has 2 aliphatic heterocycles. The van der Waals surface area contributed by atoms with Crippen molar-refractivity contribution in [3.8, 4) is 5.75 Å². The molecular weight excluding hydrogens is 563 g/mol. The average molecular weight is 606 g/mol. The maximum absolute atomic E-state index is 14.3. The lowest BCUT2D eigenvalue weighted by Gasteiger charge is -2.36. The van der Waals surface area contributed by atoms with Gasteiger partial charge in [0.25, 0.3) is 5.91 Å². The van der Waals surface area contributed by atoms with E-state index < -0.39 is 53.3 Å². The summed E-state index contributed by atoms with van der Waals surface area (Å²) >= 11 is 0. The lowest BCUT2D eigenvalue weighted by atomic mass is 9.72. The molecule has 0 saturated carbocycles. The number of rotatable bonds is 8. The second kappa shape index (κ2) is 12.7. The second-order valence-electron chi connectivity index (χ2n) is 12.6. The number of benzene rings is 2. The van der Waals surface area contributed by atoms with Crippen molar-refractivity contribution in [2.75, 3.05) is 32.7 Å². The topological polar surface area (TPSA) is 91.3 Å². The number of carboxylic acid groups (broad SMARTS) is 1. The Hall–Kier alpha value is -3.31. The molecule has 8 nitrogen and oxygen atoms in total. The molecule has 2 heterocycles. The van der Waals surface area contributed by atoms with Gasteiger partial charge in [0.1, 0.15) is 17.9 Å². The summed E-state index contributed by atoms with van der Waals surface area (Å²) in [5.41, 5.74) is 0.669. The SMILES string of the molecule is COc1cc(C(F)(F)F)ccc1CNC1C(c2ccccc2N(C)C)N(C(=O)C2CCCCO2)C(C(=O)O)C1C(C)(C)C. The number of anilines is 1. The fourth-order valence-corrected chi connectivity index (χ4v) is 6.59. The quantitative estimate of drug-likeness (QED) is 0.410. The maximum atomic E-state index is 14.3. The number of hydrogen-bond donors (Lipinski definition) is 2. The molecule has 0 radical (unpaired) electrons. The number of likely N-dealkylation sites (tertiary alicyclic amines) is 1. The van der Waals surface area contributed by atoms with Crippen molar-refractivity contribution in [3.05, 3.63) is 59.2 Å². The van der Waals surface area contributed by atoms with Crippen LogP contribution in [0.4, 0.5) is 18.9 Å². The van der Waals surface area contributed by atoms with Crippen molar-refractivity contribution in [2.24, 2.45) is 11.3 Å². The van der Waals surface area contributed by atoms with Crippen molar-refractivity contribution < 1.29 is 37.3 Å². The number of nitrogens with zero attached hydrogens (tertiary/aromatic N) is 2. The number of para-hydroxylation sites is 1. The van der Waals surface area contributed by atoms with Crippen LogP contribution in [0.15, 0.2) is 42.5 Å². The van der Waals surface area contributed by atoms with Crippen LogP contribution in [0.5, 0.6) is 5.75 Å². The average Bonchev–Trinajstić information content (AvgIpc) is 3.31. The Bertz CT molecular complexity index is 1300. The van der Waals surface area contributed by atoms with Gasteiger partial charge in [0.2, 0.25) is 0 Å². The summed E-state index contributed by atoms with van der Waals surface area (Å²) in [7, 11) is 5.08. The number of nitrogens with one attached hydrogen (secondary N) is 1. The summed E-state index contributed by atoms with van der Waals surface area (Å²) in [6.45, 7) is 6.36. The third-order valence-corrected chi connectivity index (χ3v) is 8.51. The van der Waals surface area contributed by atoms with Gasteiger partial charge in [0, 0.05) is 50.5 Å². The second-order valence-corrected chi connectivity index (χ2v) is 12.6. The van der Waals surface area contributed by atoms with Gasteiger partial charge in [-0.15, -0.1) is 0 Å². The molecule has 0 aromatic heterocycles. The van der Waals surface area contributed by atoms with E-state index in [1.54, 1.807) is 0 Å². The number of carboxylic acids is 1. The summed E-state index contributed by atoms with van der Waals surface area (Å²) in [5, 5.41) is 14.2. The molecule has 0 bridgehead atoms. The number of ether oxygens (including phenoxy) is 2. The van der Waals surface area contributed by atoms with E-state index >= 15 is 0 Å². The number of aliphatic carboxylic acids is 1. The maximum Gasteiger partial charge on any atom is 0.416 e. The van der Waals surface area contributed by atoms with Gasteiger partial charge >= 0.3 is 12.1 Å². The summed E-state index contributed by atoms with van der Waals surface area (Å²) in [5.74, 6) is -1.99. The zero-order chi connectivity index (χ0) is 31.7. The smallest absolute Gasteiger partial charge is 0.416 e. The largest absolute Gasteiger partial charge is 0.496 e. The molecular formula is C32H42F3N3O5. The molecule has 5 atom stereocenters. The van der Waals surface area contributed by atoms with Gasteiger partial charge < -0.3 is 29.7 Å². The molecule has 5 unspecified atom stereocenters. The zero-order valence-corrected chi connectivity index (χ0v) is 25.6. The Morgan fingerprint density at radius 1 is 1.12 bits per heavy atom. The Labute approximate surface area is 251 Å². The van der Waals surface area contributed by atoms with E-state index in [4.69, 9.17) is 9.47 Å². The van der Waals surface area contributed by atoms with Gasteiger partial charge in [0.15, 0.2) is 0 Å². The Morgan fingerprint density at radius 2 is 1.81 bits per heavy atom. The molecule has 0 spiro atoms. The van der Waals surface area contributed by atoms with E-state index in [0.717, 1.165) is 36.2 Å². The molecule has 2 N–H and O–H groups in total. The zero-order valence-electron chi connectivity index (χ0n) is 25.6. The van der Waals surface area contributed by atoms with Crippen molar-refractivity contribution in [3.63, 3.8) is 0 Å². The summed E-state index contributed by atoms with van der Waals surface area (Å²) in [6, 6.07) is 8.44. The first-order chi connectivity index (χ1) is 20.2. The highest BCUT2D eigenvalue weighted by molar-refractivity contribution is 5.88. The molecule has 2 fully saturated rings. The number of amides is 1. The molecule has 43 heavy (non-hydrogen) atoms. The van der Waals surface area contributed by atoms with Gasteiger partial charge in [-0.1, -0.05) is 45.0 Å². The number of methoxy groups -OCH3 is 1. The molecule has 236 valence electrons. The monoisotopic (exact) mass is 605 g/mol. The van der Waals surface area contributed by atoms with Crippen LogP contribution in [0.1, 0.15) is 62.8 Å². The van der Waals surface area contributed by atoms with Crippen LogP contribution < -0.4 is 15.0 Å². The summed E-state index contributed by atoms with van der Waals surface area (Å²) in [6.07, 6.45) is -3.13. The third-order valence-electron chi connectivity index (χ3n) is 8.51. The standard InChI is InChI=1S/C32H42F3N3O5/c1-31(2,3)25-26(36-18-19-14-15-20(32(33,34)35)17-24(19)42-6)27(21-11-7-8-12-22(21)37(4)5)38(28(25)30(40)41)29(39)23-13-9-10-16-43-23/h7-8,11-12,14-15,17,23,25-28,36H,9-10,13,16,18H2,1-6H3,(H,40,41). The number of halogens is 3. The van der Waals surface area contributed by atoms with Crippen molar-refractivity contribution >= 4 is 17.6 Å². The van der Waals surface area contributed by atoms with E-state index in [0.29, 0.717) is 18.6 Å².